The Bertz CT molecular complexity index is 1030. The molecule has 0 amide bonds. The van der Waals surface area contributed by atoms with Gasteiger partial charge < -0.3 is 14.2 Å². The molecule has 4 nitrogen and oxygen atoms in total. The quantitative estimate of drug-likeness (QED) is 0.419. The van der Waals surface area contributed by atoms with Crippen molar-refractivity contribution in [1.29, 1.82) is 5.26 Å². The lowest BCUT2D eigenvalue weighted by atomic mass is 10.1. The average molecular weight is 428 g/mol. The summed E-state index contributed by atoms with van der Waals surface area (Å²) in [6, 6.07) is 20.6. The molecule has 3 aromatic carbocycles. The van der Waals surface area contributed by atoms with Crippen LogP contribution in [0.1, 0.15) is 16.7 Å². The van der Waals surface area contributed by atoms with Gasteiger partial charge in [0.2, 0.25) is 0 Å². The standard InChI is InChI=1S/C23H19Cl2NO3/c1-16-4-2-5-18(23(16)27-11-10-26)15-29-20-7-3-6-19(13-20)28-14-17-8-9-21(24)22(25)12-17/h2-9,12-13H,11,14-15H2,1H3. The summed E-state index contributed by atoms with van der Waals surface area (Å²) < 4.78 is 17.3. The van der Waals surface area contributed by atoms with E-state index in [1.807, 2.05) is 61.5 Å². The van der Waals surface area contributed by atoms with E-state index in [0.29, 0.717) is 40.5 Å². The maximum absolute atomic E-state index is 8.78. The molecule has 0 aromatic heterocycles. The number of hydrogen-bond acceptors (Lipinski definition) is 4. The summed E-state index contributed by atoms with van der Waals surface area (Å²) in [5, 5.41) is 9.79. The van der Waals surface area contributed by atoms with Crippen LogP contribution in [0.25, 0.3) is 0 Å². The number of para-hydroxylation sites is 1. The highest BCUT2D eigenvalue weighted by molar-refractivity contribution is 6.42. The van der Waals surface area contributed by atoms with Crippen molar-refractivity contribution in [2.75, 3.05) is 6.61 Å². The van der Waals surface area contributed by atoms with Crippen molar-refractivity contribution >= 4 is 23.2 Å². The highest BCUT2D eigenvalue weighted by Gasteiger charge is 2.08. The minimum atomic E-state index is -0.00407. The second kappa shape index (κ2) is 10.1. The summed E-state index contributed by atoms with van der Waals surface area (Å²) in [6.07, 6.45) is 0. The summed E-state index contributed by atoms with van der Waals surface area (Å²) in [5.74, 6) is 2.03. The predicted molar refractivity (Wildman–Crippen MR) is 114 cm³/mol. The molecule has 29 heavy (non-hydrogen) atoms. The van der Waals surface area contributed by atoms with E-state index in [-0.39, 0.29) is 6.61 Å². The molecule has 0 atom stereocenters. The highest BCUT2D eigenvalue weighted by Crippen LogP contribution is 2.27. The summed E-state index contributed by atoms with van der Waals surface area (Å²) in [7, 11) is 0. The van der Waals surface area contributed by atoms with Crippen LogP contribution < -0.4 is 14.2 Å². The molecule has 0 spiro atoms. The topological polar surface area (TPSA) is 51.5 Å². The lowest BCUT2D eigenvalue weighted by Crippen LogP contribution is -2.03. The molecule has 0 aliphatic carbocycles. The van der Waals surface area contributed by atoms with Crippen molar-refractivity contribution in [3.8, 4) is 23.3 Å². The SMILES string of the molecule is Cc1cccc(COc2cccc(OCc3ccc(Cl)c(Cl)c3)c2)c1OCC#N. The van der Waals surface area contributed by atoms with E-state index in [2.05, 4.69) is 0 Å². The van der Waals surface area contributed by atoms with Crippen LogP contribution in [0.5, 0.6) is 17.2 Å². The number of halogens is 2. The van der Waals surface area contributed by atoms with E-state index in [9.17, 15) is 0 Å². The number of hydrogen-bond donors (Lipinski definition) is 0. The van der Waals surface area contributed by atoms with Crippen molar-refractivity contribution < 1.29 is 14.2 Å². The Hall–Kier alpha value is -2.87. The molecule has 0 saturated heterocycles. The third-order valence-corrected chi connectivity index (χ3v) is 4.90. The van der Waals surface area contributed by atoms with Crippen LogP contribution >= 0.6 is 23.2 Å². The Kier molecular flexibility index (Phi) is 7.24. The zero-order chi connectivity index (χ0) is 20.6. The van der Waals surface area contributed by atoms with Crippen LogP contribution in [0.4, 0.5) is 0 Å². The van der Waals surface area contributed by atoms with Crippen molar-refractivity contribution in [2.24, 2.45) is 0 Å². The van der Waals surface area contributed by atoms with Crippen LogP contribution in [0.3, 0.4) is 0 Å². The number of nitrogens with zero attached hydrogens (tertiary/aromatic N) is 1. The van der Waals surface area contributed by atoms with Gasteiger partial charge in [-0.15, -0.1) is 0 Å². The van der Waals surface area contributed by atoms with Crippen LogP contribution in [0.15, 0.2) is 60.7 Å². The molecule has 6 heteroatoms. The number of aryl methyl sites for hydroxylation is 1. The first-order chi connectivity index (χ1) is 14.1. The molecule has 0 heterocycles. The minimum absolute atomic E-state index is 0.00407. The molecule has 0 radical (unpaired) electrons. The normalized spacial score (nSPS) is 10.3. The number of ether oxygens (including phenoxy) is 3. The monoisotopic (exact) mass is 427 g/mol. The highest BCUT2D eigenvalue weighted by atomic mass is 35.5. The van der Waals surface area contributed by atoms with Crippen molar-refractivity contribution in [3.05, 3.63) is 87.4 Å². The molecular weight excluding hydrogens is 409 g/mol. The van der Waals surface area contributed by atoms with E-state index in [4.69, 9.17) is 42.7 Å². The van der Waals surface area contributed by atoms with Gasteiger partial charge in [-0.05, 0) is 42.3 Å². The Morgan fingerprint density at radius 2 is 1.55 bits per heavy atom. The van der Waals surface area contributed by atoms with Crippen molar-refractivity contribution in [1.82, 2.24) is 0 Å². The van der Waals surface area contributed by atoms with Crippen LogP contribution in [-0.2, 0) is 13.2 Å². The number of benzene rings is 3. The summed E-state index contributed by atoms with van der Waals surface area (Å²) >= 11 is 12.0. The zero-order valence-electron chi connectivity index (χ0n) is 15.8. The van der Waals surface area contributed by atoms with Gasteiger partial charge >= 0.3 is 0 Å². The van der Waals surface area contributed by atoms with E-state index in [0.717, 1.165) is 16.7 Å². The van der Waals surface area contributed by atoms with Gasteiger partial charge in [0.1, 0.15) is 36.5 Å². The fourth-order valence-electron chi connectivity index (χ4n) is 2.75. The Balaban J connectivity index is 1.64. The summed E-state index contributed by atoms with van der Waals surface area (Å²) in [4.78, 5) is 0. The molecule has 0 unspecified atom stereocenters. The first kappa shape index (κ1) is 20.9. The molecule has 0 N–H and O–H groups in total. The van der Waals surface area contributed by atoms with Gasteiger partial charge in [0.15, 0.2) is 6.61 Å². The Labute approximate surface area is 180 Å². The van der Waals surface area contributed by atoms with Gasteiger partial charge in [0.25, 0.3) is 0 Å². The molecule has 0 aliphatic heterocycles. The third-order valence-electron chi connectivity index (χ3n) is 4.16. The van der Waals surface area contributed by atoms with E-state index in [1.165, 1.54) is 0 Å². The second-order valence-corrected chi connectivity index (χ2v) is 7.13. The summed E-state index contributed by atoms with van der Waals surface area (Å²) in [5.41, 5.74) is 2.76. The number of rotatable bonds is 8. The molecular formula is C23H19Cl2NO3. The van der Waals surface area contributed by atoms with E-state index in [1.54, 1.807) is 12.1 Å². The predicted octanol–water partition coefficient (Wildman–Crippen LogP) is 6.36. The molecule has 3 aromatic rings. The van der Waals surface area contributed by atoms with Gasteiger partial charge in [-0.3, -0.25) is 0 Å². The van der Waals surface area contributed by atoms with Crippen LogP contribution in [-0.4, -0.2) is 6.61 Å². The van der Waals surface area contributed by atoms with Crippen LogP contribution in [0.2, 0.25) is 10.0 Å². The van der Waals surface area contributed by atoms with Crippen molar-refractivity contribution in [2.45, 2.75) is 20.1 Å². The molecule has 0 fully saturated rings. The molecule has 0 aliphatic rings. The maximum Gasteiger partial charge on any atom is 0.174 e. The Morgan fingerprint density at radius 1 is 0.828 bits per heavy atom. The van der Waals surface area contributed by atoms with Crippen molar-refractivity contribution in [3.63, 3.8) is 0 Å². The van der Waals surface area contributed by atoms with Gasteiger partial charge in [0, 0.05) is 11.6 Å². The first-order valence-corrected chi connectivity index (χ1v) is 9.70. The van der Waals surface area contributed by atoms with Gasteiger partial charge in [0.05, 0.1) is 10.0 Å². The van der Waals surface area contributed by atoms with E-state index < -0.39 is 0 Å². The first-order valence-electron chi connectivity index (χ1n) is 8.94. The zero-order valence-corrected chi connectivity index (χ0v) is 17.3. The second-order valence-electron chi connectivity index (χ2n) is 6.31. The number of nitriles is 1. The fraction of sp³-hybridized carbons (Fsp3) is 0.174. The fourth-order valence-corrected chi connectivity index (χ4v) is 3.07. The lowest BCUT2D eigenvalue weighted by Gasteiger charge is -2.14. The molecule has 3 rings (SSSR count). The summed E-state index contributed by atoms with van der Waals surface area (Å²) in [6.45, 7) is 2.62. The van der Waals surface area contributed by atoms with Crippen LogP contribution in [0, 0.1) is 18.3 Å². The maximum atomic E-state index is 8.78. The average Bonchev–Trinajstić information content (AvgIpc) is 2.73. The van der Waals surface area contributed by atoms with E-state index >= 15 is 0 Å². The van der Waals surface area contributed by atoms with Gasteiger partial charge in [-0.25, -0.2) is 0 Å². The minimum Gasteiger partial charge on any atom is -0.489 e. The van der Waals surface area contributed by atoms with Gasteiger partial charge in [-0.2, -0.15) is 5.26 Å². The molecule has 0 saturated carbocycles. The lowest BCUT2D eigenvalue weighted by molar-refractivity contribution is 0.282. The smallest absolute Gasteiger partial charge is 0.174 e. The molecule has 148 valence electrons. The largest absolute Gasteiger partial charge is 0.489 e. The molecule has 0 bridgehead atoms. The third kappa shape index (κ3) is 5.80. The van der Waals surface area contributed by atoms with Gasteiger partial charge in [-0.1, -0.05) is 53.5 Å². The Morgan fingerprint density at radius 3 is 2.28 bits per heavy atom.